The van der Waals surface area contributed by atoms with Crippen LogP contribution in [0.1, 0.15) is 18.6 Å². The summed E-state index contributed by atoms with van der Waals surface area (Å²) in [5.41, 5.74) is 6.20. The van der Waals surface area contributed by atoms with Gasteiger partial charge in [-0.2, -0.15) is 0 Å². The third-order valence-electron chi connectivity index (χ3n) is 2.21. The molecular weight excluding hydrogens is 265 g/mol. The number of nitrogens with two attached hydrogens (primary N) is 1. The van der Waals surface area contributed by atoms with Crippen LogP contribution in [-0.2, 0) is 0 Å². The van der Waals surface area contributed by atoms with E-state index in [0.29, 0.717) is 11.6 Å². The van der Waals surface area contributed by atoms with E-state index >= 15 is 0 Å². The van der Waals surface area contributed by atoms with Gasteiger partial charge in [-0.15, -0.1) is 0 Å². The van der Waals surface area contributed by atoms with Gasteiger partial charge in [0.15, 0.2) is 0 Å². The van der Waals surface area contributed by atoms with Crippen molar-refractivity contribution in [1.82, 2.24) is 0 Å². The molecule has 14 heavy (non-hydrogen) atoms. The molecule has 0 amide bonds. The molecule has 3 N–H and O–H groups in total. The maximum Gasteiger partial charge on any atom is 0.0842 e. The second-order valence-corrected chi connectivity index (χ2v) is 4.53. The number of rotatable bonds is 3. The lowest BCUT2D eigenvalue weighted by atomic mass is 9.98. The quantitative estimate of drug-likeness (QED) is 0.893. The van der Waals surface area contributed by atoms with E-state index in [1.807, 2.05) is 25.1 Å². The predicted molar refractivity (Wildman–Crippen MR) is 62.3 cm³/mol. The van der Waals surface area contributed by atoms with Crippen LogP contribution >= 0.6 is 27.5 Å². The fourth-order valence-electron chi connectivity index (χ4n) is 1.18. The fourth-order valence-corrected chi connectivity index (χ4v) is 1.80. The van der Waals surface area contributed by atoms with Gasteiger partial charge in [0.05, 0.1) is 11.1 Å². The zero-order chi connectivity index (χ0) is 10.7. The summed E-state index contributed by atoms with van der Waals surface area (Å²) < 4.78 is 0.792. The van der Waals surface area contributed by atoms with E-state index < -0.39 is 6.10 Å². The van der Waals surface area contributed by atoms with Gasteiger partial charge >= 0.3 is 0 Å². The van der Waals surface area contributed by atoms with Crippen LogP contribution in [0.2, 0.25) is 5.02 Å². The van der Waals surface area contributed by atoms with Gasteiger partial charge in [0.1, 0.15) is 0 Å². The van der Waals surface area contributed by atoms with E-state index in [2.05, 4.69) is 15.9 Å². The molecule has 0 bridgehead atoms. The van der Waals surface area contributed by atoms with Crippen molar-refractivity contribution in [2.75, 3.05) is 6.54 Å². The third kappa shape index (κ3) is 2.48. The molecule has 0 radical (unpaired) electrons. The van der Waals surface area contributed by atoms with E-state index in [9.17, 15) is 5.11 Å². The molecule has 4 heteroatoms. The highest BCUT2D eigenvalue weighted by Crippen LogP contribution is 2.32. The zero-order valence-corrected chi connectivity index (χ0v) is 10.2. The van der Waals surface area contributed by atoms with E-state index in [-0.39, 0.29) is 5.92 Å². The monoisotopic (exact) mass is 277 g/mol. The van der Waals surface area contributed by atoms with Gasteiger partial charge in [-0.05, 0) is 34.5 Å². The average molecular weight is 279 g/mol. The van der Waals surface area contributed by atoms with Crippen molar-refractivity contribution < 1.29 is 5.11 Å². The smallest absolute Gasteiger partial charge is 0.0842 e. The van der Waals surface area contributed by atoms with Crippen LogP contribution in [0.4, 0.5) is 0 Å². The summed E-state index contributed by atoms with van der Waals surface area (Å²) in [6, 6.07) is 5.49. The van der Waals surface area contributed by atoms with Crippen LogP contribution in [0, 0.1) is 5.92 Å². The van der Waals surface area contributed by atoms with Gasteiger partial charge in [-0.1, -0.05) is 30.7 Å². The average Bonchev–Trinajstić information content (AvgIpc) is 2.20. The minimum absolute atomic E-state index is 0.00167. The van der Waals surface area contributed by atoms with E-state index in [1.54, 1.807) is 0 Å². The van der Waals surface area contributed by atoms with Crippen LogP contribution in [0.5, 0.6) is 0 Å². The highest BCUT2D eigenvalue weighted by molar-refractivity contribution is 9.10. The van der Waals surface area contributed by atoms with Gasteiger partial charge < -0.3 is 10.8 Å². The Morgan fingerprint density at radius 3 is 2.79 bits per heavy atom. The van der Waals surface area contributed by atoms with E-state index in [0.717, 1.165) is 10.0 Å². The molecule has 1 aromatic rings. The summed E-state index contributed by atoms with van der Waals surface area (Å²) >= 11 is 9.35. The SMILES string of the molecule is CC(CN)C(O)c1cccc(Br)c1Cl. The number of halogens is 2. The van der Waals surface area contributed by atoms with Crippen molar-refractivity contribution >= 4 is 27.5 Å². The second kappa shape index (κ2) is 5.12. The molecule has 0 aliphatic carbocycles. The van der Waals surface area contributed by atoms with Gasteiger partial charge in [-0.3, -0.25) is 0 Å². The molecule has 2 nitrogen and oxygen atoms in total. The van der Waals surface area contributed by atoms with Gasteiger partial charge in [0.2, 0.25) is 0 Å². The number of hydrogen-bond acceptors (Lipinski definition) is 2. The summed E-state index contributed by atoms with van der Waals surface area (Å²) in [4.78, 5) is 0. The Hall–Kier alpha value is -0.0900. The summed E-state index contributed by atoms with van der Waals surface area (Å²) in [5, 5.41) is 10.5. The first-order valence-electron chi connectivity index (χ1n) is 4.40. The Morgan fingerprint density at radius 1 is 1.57 bits per heavy atom. The van der Waals surface area contributed by atoms with Crippen LogP contribution in [-0.4, -0.2) is 11.7 Å². The topological polar surface area (TPSA) is 46.2 Å². The Kier molecular flexibility index (Phi) is 4.38. The molecule has 0 heterocycles. The first-order chi connectivity index (χ1) is 6.57. The van der Waals surface area contributed by atoms with E-state index in [1.165, 1.54) is 0 Å². The van der Waals surface area contributed by atoms with Crippen molar-refractivity contribution in [3.05, 3.63) is 33.3 Å². The highest BCUT2D eigenvalue weighted by Gasteiger charge is 2.18. The van der Waals surface area contributed by atoms with Crippen molar-refractivity contribution in [1.29, 1.82) is 0 Å². The van der Waals surface area contributed by atoms with E-state index in [4.69, 9.17) is 17.3 Å². The largest absolute Gasteiger partial charge is 0.388 e. The minimum Gasteiger partial charge on any atom is -0.388 e. The Morgan fingerprint density at radius 2 is 2.21 bits per heavy atom. The second-order valence-electron chi connectivity index (χ2n) is 3.30. The maximum absolute atomic E-state index is 9.91. The maximum atomic E-state index is 9.91. The van der Waals surface area contributed by atoms with Crippen molar-refractivity contribution in [2.45, 2.75) is 13.0 Å². The van der Waals surface area contributed by atoms with Gasteiger partial charge in [-0.25, -0.2) is 0 Å². The Labute approximate surface area is 97.2 Å². The number of benzene rings is 1. The lowest BCUT2D eigenvalue weighted by molar-refractivity contribution is 0.122. The lowest BCUT2D eigenvalue weighted by Crippen LogP contribution is -2.19. The molecule has 0 aliphatic heterocycles. The standard InChI is InChI=1S/C10H13BrClNO/c1-6(5-13)10(14)7-3-2-4-8(11)9(7)12/h2-4,6,10,14H,5,13H2,1H3. The predicted octanol–water partition coefficient (Wildman–Crippen LogP) is 2.73. The molecule has 1 aromatic carbocycles. The fraction of sp³-hybridized carbons (Fsp3) is 0.400. The van der Waals surface area contributed by atoms with Gasteiger partial charge in [0.25, 0.3) is 0 Å². The minimum atomic E-state index is -0.606. The molecule has 0 saturated carbocycles. The van der Waals surface area contributed by atoms with Crippen LogP contribution in [0.3, 0.4) is 0 Å². The third-order valence-corrected chi connectivity index (χ3v) is 3.52. The lowest BCUT2D eigenvalue weighted by Gasteiger charge is -2.18. The summed E-state index contributed by atoms with van der Waals surface area (Å²) in [6.45, 7) is 2.33. The summed E-state index contributed by atoms with van der Waals surface area (Å²) in [7, 11) is 0. The van der Waals surface area contributed by atoms with Crippen LogP contribution < -0.4 is 5.73 Å². The van der Waals surface area contributed by atoms with Crippen LogP contribution in [0.15, 0.2) is 22.7 Å². The van der Waals surface area contributed by atoms with Crippen molar-refractivity contribution in [3.8, 4) is 0 Å². The molecule has 0 fully saturated rings. The molecular formula is C10H13BrClNO. The first-order valence-corrected chi connectivity index (χ1v) is 5.57. The molecule has 2 atom stereocenters. The van der Waals surface area contributed by atoms with Crippen molar-refractivity contribution in [3.63, 3.8) is 0 Å². The molecule has 0 spiro atoms. The first kappa shape index (κ1) is 12.0. The zero-order valence-electron chi connectivity index (χ0n) is 7.87. The normalized spacial score (nSPS) is 15.2. The summed E-state index contributed by atoms with van der Waals surface area (Å²) in [6.07, 6.45) is -0.606. The summed E-state index contributed by atoms with van der Waals surface area (Å²) in [5.74, 6) is 0.00167. The highest BCUT2D eigenvalue weighted by atomic mass is 79.9. The van der Waals surface area contributed by atoms with Crippen molar-refractivity contribution in [2.24, 2.45) is 11.7 Å². The molecule has 2 unspecified atom stereocenters. The number of hydrogen-bond donors (Lipinski definition) is 2. The number of aliphatic hydroxyl groups excluding tert-OH is 1. The molecule has 1 rings (SSSR count). The number of aliphatic hydroxyl groups is 1. The van der Waals surface area contributed by atoms with Crippen LogP contribution in [0.25, 0.3) is 0 Å². The Balaban J connectivity index is 3.01. The molecule has 0 aliphatic rings. The molecule has 0 saturated heterocycles. The molecule has 78 valence electrons. The molecule has 0 aromatic heterocycles. The Bertz CT molecular complexity index is 319. The van der Waals surface area contributed by atoms with Gasteiger partial charge in [0, 0.05) is 10.0 Å².